The highest BCUT2D eigenvalue weighted by atomic mass is 19.1. The quantitative estimate of drug-likeness (QED) is 0.849. The standard InChI is InChI=1S/C14H21FN2/c1-14(2)10-17(9-8-13(14)16-3)12-6-4-11(15)5-7-12/h4-7,13,16H,8-10H2,1-3H3. The molecule has 1 unspecified atom stereocenters. The van der Waals surface area contributed by atoms with Gasteiger partial charge in [0.1, 0.15) is 5.82 Å². The number of benzene rings is 1. The molecule has 2 rings (SSSR count). The fourth-order valence-corrected chi connectivity index (χ4v) is 2.76. The second-order valence-electron chi connectivity index (χ2n) is 5.52. The van der Waals surface area contributed by atoms with Crippen molar-refractivity contribution in [3.05, 3.63) is 30.1 Å². The minimum Gasteiger partial charge on any atom is -0.371 e. The summed E-state index contributed by atoms with van der Waals surface area (Å²) in [5, 5.41) is 3.39. The summed E-state index contributed by atoms with van der Waals surface area (Å²) in [7, 11) is 2.03. The third kappa shape index (κ3) is 2.60. The molecule has 3 heteroatoms. The van der Waals surface area contributed by atoms with Gasteiger partial charge in [-0.1, -0.05) is 13.8 Å². The largest absolute Gasteiger partial charge is 0.371 e. The second-order valence-corrected chi connectivity index (χ2v) is 5.52. The summed E-state index contributed by atoms with van der Waals surface area (Å²) >= 11 is 0. The molecule has 1 aromatic rings. The van der Waals surface area contributed by atoms with Crippen LogP contribution in [0.1, 0.15) is 20.3 Å². The van der Waals surface area contributed by atoms with Crippen LogP contribution in [0.2, 0.25) is 0 Å². The first kappa shape index (κ1) is 12.4. The van der Waals surface area contributed by atoms with Crippen molar-refractivity contribution in [1.82, 2.24) is 5.32 Å². The van der Waals surface area contributed by atoms with Crippen molar-refractivity contribution in [3.63, 3.8) is 0 Å². The SMILES string of the molecule is CNC1CCN(c2ccc(F)cc2)CC1(C)C. The molecule has 1 fully saturated rings. The minimum absolute atomic E-state index is 0.168. The van der Waals surface area contributed by atoms with Crippen LogP contribution in [-0.4, -0.2) is 26.2 Å². The van der Waals surface area contributed by atoms with Crippen molar-refractivity contribution in [1.29, 1.82) is 0 Å². The maximum absolute atomic E-state index is 12.9. The van der Waals surface area contributed by atoms with Crippen molar-refractivity contribution in [2.75, 3.05) is 25.0 Å². The van der Waals surface area contributed by atoms with Crippen LogP contribution in [0.15, 0.2) is 24.3 Å². The van der Waals surface area contributed by atoms with Gasteiger partial charge in [0.15, 0.2) is 0 Å². The minimum atomic E-state index is -0.168. The summed E-state index contributed by atoms with van der Waals surface area (Å²) in [6.45, 7) is 6.60. The van der Waals surface area contributed by atoms with E-state index in [0.29, 0.717) is 6.04 Å². The van der Waals surface area contributed by atoms with Crippen LogP contribution in [0.5, 0.6) is 0 Å². The molecule has 1 saturated heterocycles. The maximum atomic E-state index is 12.9. The lowest BCUT2D eigenvalue weighted by atomic mass is 9.79. The van der Waals surface area contributed by atoms with Gasteiger partial charge >= 0.3 is 0 Å². The molecule has 0 saturated carbocycles. The molecule has 0 amide bonds. The van der Waals surface area contributed by atoms with Crippen LogP contribution < -0.4 is 10.2 Å². The first-order valence-electron chi connectivity index (χ1n) is 6.21. The lowest BCUT2D eigenvalue weighted by Crippen LogP contribution is -2.53. The van der Waals surface area contributed by atoms with E-state index in [1.165, 1.54) is 12.1 Å². The van der Waals surface area contributed by atoms with Gasteiger partial charge in [0, 0.05) is 24.8 Å². The summed E-state index contributed by atoms with van der Waals surface area (Å²) in [6.07, 6.45) is 1.13. The number of piperidine rings is 1. The molecule has 1 atom stereocenters. The number of hydrogen-bond acceptors (Lipinski definition) is 2. The van der Waals surface area contributed by atoms with E-state index < -0.39 is 0 Å². The second kappa shape index (κ2) is 4.65. The van der Waals surface area contributed by atoms with Crippen molar-refractivity contribution < 1.29 is 4.39 Å². The number of nitrogens with one attached hydrogen (secondary N) is 1. The van der Waals surface area contributed by atoms with E-state index in [-0.39, 0.29) is 11.2 Å². The average molecular weight is 236 g/mol. The van der Waals surface area contributed by atoms with Gasteiger partial charge in [-0.2, -0.15) is 0 Å². The summed E-state index contributed by atoms with van der Waals surface area (Å²) in [6, 6.07) is 7.36. The van der Waals surface area contributed by atoms with Gasteiger partial charge in [0.05, 0.1) is 0 Å². The molecule has 1 N–H and O–H groups in total. The zero-order valence-corrected chi connectivity index (χ0v) is 10.8. The molecule has 0 radical (unpaired) electrons. The van der Waals surface area contributed by atoms with E-state index in [1.54, 1.807) is 0 Å². The van der Waals surface area contributed by atoms with Gasteiger partial charge in [-0.05, 0) is 43.1 Å². The van der Waals surface area contributed by atoms with Gasteiger partial charge in [-0.25, -0.2) is 4.39 Å². The lowest BCUT2D eigenvalue weighted by Gasteiger charge is -2.45. The van der Waals surface area contributed by atoms with E-state index in [0.717, 1.165) is 25.2 Å². The van der Waals surface area contributed by atoms with Gasteiger partial charge in [-0.3, -0.25) is 0 Å². The monoisotopic (exact) mass is 236 g/mol. The molecule has 0 aromatic heterocycles. The highest BCUT2D eigenvalue weighted by Crippen LogP contribution is 2.31. The molecule has 0 spiro atoms. The molecule has 94 valence electrons. The third-order valence-corrected chi connectivity index (χ3v) is 3.77. The molecule has 2 nitrogen and oxygen atoms in total. The summed E-state index contributed by atoms with van der Waals surface area (Å²) < 4.78 is 12.9. The number of nitrogens with zero attached hydrogens (tertiary/aromatic N) is 1. The molecule has 0 aliphatic carbocycles. The van der Waals surface area contributed by atoms with Gasteiger partial charge in [-0.15, -0.1) is 0 Å². The number of hydrogen-bond donors (Lipinski definition) is 1. The Kier molecular flexibility index (Phi) is 3.38. The van der Waals surface area contributed by atoms with Crippen LogP contribution in [-0.2, 0) is 0 Å². The Bertz CT molecular complexity index is 372. The van der Waals surface area contributed by atoms with Crippen molar-refractivity contribution >= 4 is 5.69 Å². The molecular weight excluding hydrogens is 215 g/mol. The maximum Gasteiger partial charge on any atom is 0.123 e. The Balaban J connectivity index is 2.12. The van der Waals surface area contributed by atoms with Crippen molar-refractivity contribution in [2.24, 2.45) is 5.41 Å². The Morgan fingerprint density at radius 3 is 2.47 bits per heavy atom. The van der Waals surface area contributed by atoms with Crippen LogP contribution in [0, 0.1) is 11.2 Å². The Morgan fingerprint density at radius 1 is 1.29 bits per heavy atom. The Hall–Kier alpha value is -1.09. The molecule has 0 bridgehead atoms. The Morgan fingerprint density at radius 2 is 1.94 bits per heavy atom. The molecule has 17 heavy (non-hydrogen) atoms. The Labute approximate surface area is 103 Å². The van der Waals surface area contributed by atoms with Crippen LogP contribution in [0.3, 0.4) is 0 Å². The first-order chi connectivity index (χ1) is 8.03. The zero-order valence-electron chi connectivity index (χ0n) is 10.8. The first-order valence-corrected chi connectivity index (χ1v) is 6.21. The smallest absolute Gasteiger partial charge is 0.123 e. The predicted molar refractivity (Wildman–Crippen MR) is 69.9 cm³/mol. The molecular formula is C14H21FN2. The normalized spacial score (nSPS) is 23.8. The average Bonchev–Trinajstić information content (AvgIpc) is 2.28. The van der Waals surface area contributed by atoms with E-state index in [1.807, 2.05) is 19.2 Å². The van der Waals surface area contributed by atoms with Gasteiger partial charge in [0.2, 0.25) is 0 Å². The molecule has 1 aliphatic rings. The summed E-state index contributed by atoms with van der Waals surface area (Å²) in [5.74, 6) is -0.168. The summed E-state index contributed by atoms with van der Waals surface area (Å²) in [4.78, 5) is 2.34. The van der Waals surface area contributed by atoms with Gasteiger partial charge < -0.3 is 10.2 Å². The molecule has 1 heterocycles. The van der Waals surface area contributed by atoms with Crippen LogP contribution in [0.25, 0.3) is 0 Å². The number of rotatable bonds is 2. The predicted octanol–water partition coefficient (Wildman–Crippen LogP) is 2.65. The highest BCUT2D eigenvalue weighted by Gasteiger charge is 2.34. The van der Waals surface area contributed by atoms with E-state index in [2.05, 4.69) is 24.1 Å². The lowest BCUT2D eigenvalue weighted by molar-refractivity contribution is 0.215. The topological polar surface area (TPSA) is 15.3 Å². The third-order valence-electron chi connectivity index (χ3n) is 3.77. The fraction of sp³-hybridized carbons (Fsp3) is 0.571. The van der Waals surface area contributed by atoms with Gasteiger partial charge in [0.25, 0.3) is 0 Å². The number of anilines is 1. The zero-order chi connectivity index (χ0) is 12.5. The van der Waals surface area contributed by atoms with E-state index >= 15 is 0 Å². The van der Waals surface area contributed by atoms with Crippen molar-refractivity contribution in [3.8, 4) is 0 Å². The fourth-order valence-electron chi connectivity index (χ4n) is 2.76. The van der Waals surface area contributed by atoms with Crippen LogP contribution >= 0.6 is 0 Å². The van der Waals surface area contributed by atoms with Crippen LogP contribution in [0.4, 0.5) is 10.1 Å². The molecule has 1 aliphatic heterocycles. The summed E-state index contributed by atoms with van der Waals surface area (Å²) in [5.41, 5.74) is 1.36. The van der Waals surface area contributed by atoms with E-state index in [4.69, 9.17) is 0 Å². The van der Waals surface area contributed by atoms with Crippen molar-refractivity contribution in [2.45, 2.75) is 26.3 Å². The highest BCUT2D eigenvalue weighted by molar-refractivity contribution is 5.47. The number of halogens is 1. The van der Waals surface area contributed by atoms with E-state index in [9.17, 15) is 4.39 Å². The molecule has 1 aromatic carbocycles.